The lowest BCUT2D eigenvalue weighted by atomic mass is 9.92. The number of rotatable bonds is 3. The lowest BCUT2D eigenvalue weighted by Gasteiger charge is -2.40. The van der Waals surface area contributed by atoms with E-state index in [1.807, 2.05) is 0 Å². The number of benzene rings is 1. The van der Waals surface area contributed by atoms with E-state index in [1.165, 1.54) is 25.4 Å². The van der Waals surface area contributed by atoms with Gasteiger partial charge >= 0.3 is 18.4 Å². The van der Waals surface area contributed by atoms with Gasteiger partial charge in [0, 0.05) is 35.4 Å². The summed E-state index contributed by atoms with van der Waals surface area (Å²) in [7, 11) is 1.17. The third-order valence-electron chi connectivity index (χ3n) is 6.39. The number of H-pyrrole nitrogens is 1. The molecule has 5 rings (SSSR count). The fourth-order valence-electron chi connectivity index (χ4n) is 4.60. The van der Waals surface area contributed by atoms with E-state index < -0.39 is 53.5 Å². The molecule has 37 heavy (non-hydrogen) atoms. The molecule has 3 aromatic heterocycles. The minimum Gasteiger partial charge on any atom is -0.467 e. The van der Waals surface area contributed by atoms with Gasteiger partial charge in [-0.2, -0.15) is 36.3 Å². The van der Waals surface area contributed by atoms with Crippen molar-refractivity contribution < 1.29 is 40.6 Å². The van der Waals surface area contributed by atoms with Crippen LogP contribution in [0.1, 0.15) is 18.4 Å². The van der Waals surface area contributed by atoms with Crippen LogP contribution in [0.15, 0.2) is 30.6 Å². The van der Waals surface area contributed by atoms with E-state index in [9.17, 15) is 31.4 Å². The van der Waals surface area contributed by atoms with Crippen molar-refractivity contribution in [2.24, 2.45) is 0 Å². The molecule has 1 atom stereocenters. The number of β-amino-alcohol motifs (C(OH)–C–C–N with tert-alkyl or cyclic N) is 1. The van der Waals surface area contributed by atoms with Crippen LogP contribution in [0, 0.1) is 5.82 Å². The Morgan fingerprint density at radius 3 is 2.57 bits per heavy atom. The number of aromatic amines is 1. The van der Waals surface area contributed by atoms with Gasteiger partial charge in [-0.25, -0.2) is 4.39 Å². The van der Waals surface area contributed by atoms with Crippen LogP contribution in [-0.4, -0.2) is 57.0 Å². The van der Waals surface area contributed by atoms with Gasteiger partial charge in [0.1, 0.15) is 17.0 Å². The normalized spacial score (nSPS) is 19.1. The number of halogens is 7. The molecule has 4 aromatic rings. The van der Waals surface area contributed by atoms with E-state index in [-0.39, 0.29) is 46.6 Å². The molecule has 14 heteroatoms. The maximum atomic E-state index is 15.8. The molecule has 0 radical (unpaired) electrons. The highest BCUT2D eigenvalue weighted by Crippen LogP contribution is 2.42. The summed E-state index contributed by atoms with van der Waals surface area (Å²) in [5.41, 5.74) is -4.94. The third-order valence-corrected chi connectivity index (χ3v) is 6.39. The average Bonchev–Trinajstić information content (AvgIpc) is 3.26. The topological polar surface area (TPSA) is 87.2 Å². The Balaban J connectivity index is 1.69. The largest absolute Gasteiger partial charge is 0.467 e. The van der Waals surface area contributed by atoms with Crippen molar-refractivity contribution in [1.29, 1.82) is 0 Å². The lowest BCUT2D eigenvalue weighted by molar-refractivity contribution is -0.261. The third kappa shape index (κ3) is 4.08. The number of nitrogens with zero attached hydrogens (tertiary/aromatic N) is 4. The molecule has 1 unspecified atom stereocenters. The number of methoxy groups -OCH3 is 1. The lowest BCUT2D eigenvalue weighted by Crippen LogP contribution is -2.57. The van der Waals surface area contributed by atoms with Crippen LogP contribution in [0.2, 0.25) is 0 Å². The molecule has 1 saturated heterocycles. The summed E-state index contributed by atoms with van der Waals surface area (Å²) in [6, 6.07) is 3.09. The first-order valence-electron chi connectivity index (χ1n) is 11.0. The monoisotopic (exact) mass is 529 g/mol. The number of aromatic nitrogens is 4. The molecule has 1 aliphatic rings. The molecular weight excluding hydrogens is 511 g/mol. The van der Waals surface area contributed by atoms with Crippen molar-refractivity contribution in [3.8, 4) is 17.3 Å². The summed E-state index contributed by atoms with van der Waals surface area (Å²) >= 11 is 0. The Hall–Kier alpha value is -3.68. The van der Waals surface area contributed by atoms with E-state index in [1.54, 1.807) is 0 Å². The summed E-state index contributed by atoms with van der Waals surface area (Å²) < 4.78 is 102. The van der Waals surface area contributed by atoms with Crippen molar-refractivity contribution in [2.75, 3.05) is 25.1 Å². The van der Waals surface area contributed by atoms with Gasteiger partial charge < -0.3 is 19.7 Å². The summed E-state index contributed by atoms with van der Waals surface area (Å²) in [4.78, 5) is 15.9. The van der Waals surface area contributed by atoms with Gasteiger partial charge in [0.15, 0.2) is 11.4 Å². The highest BCUT2D eigenvalue weighted by atomic mass is 19.4. The van der Waals surface area contributed by atoms with Crippen molar-refractivity contribution >= 4 is 27.6 Å². The van der Waals surface area contributed by atoms with E-state index in [0.29, 0.717) is 0 Å². The Kier molecular flexibility index (Phi) is 5.69. The highest BCUT2D eigenvalue weighted by molar-refractivity contribution is 6.00. The van der Waals surface area contributed by atoms with Gasteiger partial charge in [-0.3, -0.25) is 4.98 Å². The van der Waals surface area contributed by atoms with Crippen LogP contribution in [0.4, 0.5) is 36.6 Å². The van der Waals surface area contributed by atoms with Gasteiger partial charge in [-0.1, -0.05) is 6.07 Å². The summed E-state index contributed by atoms with van der Waals surface area (Å²) in [5, 5.41) is 9.84. The first-order valence-corrected chi connectivity index (χ1v) is 11.0. The molecule has 1 aliphatic heterocycles. The number of ether oxygens (including phenoxy) is 1. The zero-order valence-electron chi connectivity index (χ0n) is 19.0. The van der Waals surface area contributed by atoms with Crippen LogP contribution >= 0.6 is 0 Å². The minimum absolute atomic E-state index is 0.0344. The van der Waals surface area contributed by atoms with Crippen molar-refractivity contribution in [1.82, 2.24) is 19.9 Å². The molecule has 1 aromatic carbocycles. The Bertz CT molecular complexity index is 1500. The molecular formula is C23H18F7N5O2. The number of piperidine rings is 1. The number of nitrogens with one attached hydrogen (secondary N) is 1. The fourth-order valence-corrected chi connectivity index (χ4v) is 4.60. The molecule has 196 valence electrons. The summed E-state index contributed by atoms with van der Waals surface area (Å²) in [5.74, 6) is -1.27. The SMILES string of the molecule is COc1nc(N2CCCC(O)(C(F)(F)F)C2)c2cnc(-c3c[nH]c4cccc(C(F)(F)F)c34)c(F)c2n1. The van der Waals surface area contributed by atoms with E-state index in [2.05, 4.69) is 19.9 Å². The Morgan fingerprint density at radius 1 is 1.14 bits per heavy atom. The molecule has 2 N–H and O–H groups in total. The van der Waals surface area contributed by atoms with Crippen molar-refractivity contribution in [3.05, 3.63) is 42.0 Å². The maximum Gasteiger partial charge on any atom is 0.418 e. The fraction of sp³-hybridized carbons (Fsp3) is 0.348. The highest BCUT2D eigenvalue weighted by Gasteiger charge is 2.55. The number of hydrogen-bond donors (Lipinski definition) is 2. The number of alkyl halides is 6. The predicted octanol–water partition coefficient (Wildman–Crippen LogP) is 5.23. The van der Waals surface area contributed by atoms with Crippen molar-refractivity contribution in [2.45, 2.75) is 30.8 Å². The minimum atomic E-state index is -4.92. The second-order valence-electron chi connectivity index (χ2n) is 8.70. The smallest absolute Gasteiger partial charge is 0.418 e. The molecule has 0 spiro atoms. The molecule has 0 amide bonds. The molecule has 7 nitrogen and oxygen atoms in total. The van der Waals surface area contributed by atoms with Gasteiger partial charge in [0.05, 0.1) is 24.6 Å². The quantitative estimate of drug-likeness (QED) is 0.354. The average molecular weight is 529 g/mol. The Morgan fingerprint density at radius 2 is 1.89 bits per heavy atom. The van der Waals surface area contributed by atoms with E-state index >= 15 is 4.39 Å². The molecule has 0 aliphatic carbocycles. The maximum absolute atomic E-state index is 15.8. The molecule has 4 heterocycles. The van der Waals surface area contributed by atoms with Crippen LogP contribution in [0.3, 0.4) is 0 Å². The summed E-state index contributed by atoms with van der Waals surface area (Å²) in [6.07, 6.45) is -7.94. The molecule has 0 saturated carbocycles. The standard InChI is InChI=1S/C23H18F7N5O2/c1-37-20-33-18-12(19(34-20)35-7-3-6-21(36,10-35)23(28,29)30)9-32-17(16(18)24)11-8-31-14-5-2-4-13(15(11)14)22(25,26)27/h2,4-5,8-9,31,36H,3,6-7,10H2,1H3. The van der Waals surface area contributed by atoms with Crippen LogP contribution < -0.4 is 9.64 Å². The first kappa shape index (κ1) is 25.0. The molecule has 1 fully saturated rings. The van der Waals surface area contributed by atoms with Gasteiger partial charge in [-0.15, -0.1) is 0 Å². The number of pyridine rings is 1. The number of anilines is 1. The second-order valence-corrected chi connectivity index (χ2v) is 8.70. The number of fused-ring (bicyclic) bond motifs is 2. The van der Waals surface area contributed by atoms with Crippen molar-refractivity contribution in [3.63, 3.8) is 0 Å². The number of hydrogen-bond acceptors (Lipinski definition) is 6. The van der Waals surface area contributed by atoms with Gasteiger partial charge in [-0.05, 0) is 25.0 Å². The van der Waals surface area contributed by atoms with E-state index in [0.717, 1.165) is 17.2 Å². The first-order chi connectivity index (χ1) is 17.3. The van der Waals surface area contributed by atoms with Gasteiger partial charge in [0.2, 0.25) is 0 Å². The van der Waals surface area contributed by atoms with Crippen LogP contribution in [-0.2, 0) is 6.18 Å². The van der Waals surface area contributed by atoms with Crippen LogP contribution in [0.5, 0.6) is 6.01 Å². The van der Waals surface area contributed by atoms with E-state index in [4.69, 9.17) is 4.74 Å². The second kappa shape index (κ2) is 8.43. The van der Waals surface area contributed by atoms with Gasteiger partial charge in [0.25, 0.3) is 0 Å². The zero-order valence-corrected chi connectivity index (χ0v) is 19.0. The Labute approximate surface area is 203 Å². The molecule has 0 bridgehead atoms. The zero-order chi connectivity index (χ0) is 26.8. The van der Waals surface area contributed by atoms with Crippen LogP contribution in [0.25, 0.3) is 33.1 Å². The summed E-state index contributed by atoms with van der Waals surface area (Å²) in [6.45, 7) is -0.805. The number of aliphatic hydroxyl groups is 1. The predicted molar refractivity (Wildman–Crippen MR) is 119 cm³/mol.